The number of aromatic nitrogens is 1. The van der Waals surface area contributed by atoms with E-state index in [1.807, 2.05) is 30.3 Å². The first kappa shape index (κ1) is 13.1. The lowest BCUT2D eigenvalue weighted by atomic mass is 10.1. The molecule has 4 nitrogen and oxygen atoms in total. The molecule has 1 heterocycles. The smallest absolute Gasteiger partial charge is 0.163 e. The number of hydrogen-bond donors (Lipinski definition) is 1. The van der Waals surface area contributed by atoms with Gasteiger partial charge in [0.1, 0.15) is 6.07 Å². The van der Waals surface area contributed by atoms with Crippen LogP contribution < -0.4 is 5.32 Å². The van der Waals surface area contributed by atoms with Gasteiger partial charge >= 0.3 is 0 Å². The van der Waals surface area contributed by atoms with Crippen molar-refractivity contribution in [3.05, 3.63) is 59.4 Å². The van der Waals surface area contributed by atoms with Crippen LogP contribution in [0.3, 0.4) is 0 Å². The lowest BCUT2D eigenvalue weighted by Gasteiger charge is -2.08. The summed E-state index contributed by atoms with van der Waals surface area (Å²) in [6, 6.07) is 13.9. The third-order valence-corrected chi connectivity index (χ3v) is 2.70. The number of anilines is 1. The fourth-order valence-corrected chi connectivity index (χ4v) is 1.83. The van der Waals surface area contributed by atoms with E-state index in [0.29, 0.717) is 18.8 Å². The van der Waals surface area contributed by atoms with Gasteiger partial charge in [0.05, 0.1) is 12.3 Å². The molecule has 1 aromatic heterocycles. The Labute approximate surface area is 112 Å². The fourth-order valence-electron chi connectivity index (χ4n) is 1.83. The highest BCUT2D eigenvalue weighted by Crippen LogP contribution is 2.13. The van der Waals surface area contributed by atoms with Gasteiger partial charge in [0.25, 0.3) is 0 Å². The van der Waals surface area contributed by atoms with Crippen LogP contribution in [-0.4, -0.2) is 12.1 Å². The van der Waals surface area contributed by atoms with Gasteiger partial charge in [0, 0.05) is 19.9 Å². The lowest BCUT2D eigenvalue weighted by molar-refractivity contribution is 0.185. The van der Waals surface area contributed by atoms with Gasteiger partial charge in [0.15, 0.2) is 5.69 Å². The average molecular weight is 253 g/mol. The normalized spacial score (nSPS) is 9.89. The molecule has 1 aromatic carbocycles. The van der Waals surface area contributed by atoms with Gasteiger partial charge in [0.2, 0.25) is 0 Å². The number of nitrogens with one attached hydrogen (secondary N) is 1. The Bertz CT molecular complexity index is 590. The zero-order chi connectivity index (χ0) is 13.5. The van der Waals surface area contributed by atoms with Crippen molar-refractivity contribution in [1.82, 2.24) is 4.98 Å². The molecule has 2 aromatic rings. The SMILES string of the molecule is COCc1cccc(CNc2cccnc2C#N)c1. The van der Waals surface area contributed by atoms with E-state index >= 15 is 0 Å². The minimum absolute atomic E-state index is 0.413. The van der Waals surface area contributed by atoms with Crippen molar-refractivity contribution < 1.29 is 4.74 Å². The molecule has 19 heavy (non-hydrogen) atoms. The van der Waals surface area contributed by atoms with Crippen LogP contribution in [0.2, 0.25) is 0 Å². The summed E-state index contributed by atoms with van der Waals surface area (Å²) in [5, 5.41) is 12.2. The Morgan fingerprint density at radius 1 is 1.26 bits per heavy atom. The van der Waals surface area contributed by atoms with Crippen molar-refractivity contribution >= 4 is 5.69 Å². The molecule has 0 bridgehead atoms. The van der Waals surface area contributed by atoms with Crippen molar-refractivity contribution in [3.8, 4) is 6.07 Å². The molecule has 4 heteroatoms. The van der Waals surface area contributed by atoms with E-state index in [-0.39, 0.29) is 0 Å². The molecular weight excluding hydrogens is 238 g/mol. The van der Waals surface area contributed by atoms with Crippen LogP contribution in [0, 0.1) is 11.3 Å². The minimum Gasteiger partial charge on any atom is -0.380 e. The zero-order valence-corrected chi connectivity index (χ0v) is 10.8. The monoisotopic (exact) mass is 253 g/mol. The highest BCUT2D eigenvalue weighted by atomic mass is 16.5. The largest absolute Gasteiger partial charge is 0.380 e. The highest BCUT2D eigenvalue weighted by molar-refractivity contribution is 5.53. The Balaban J connectivity index is 2.06. The minimum atomic E-state index is 0.413. The molecule has 0 unspecified atom stereocenters. The summed E-state index contributed by atoms with van der Waals surface area (Å²) in [5.41, 5.74) is 3.44. The van der Waals surface area contributed by atoms with Crippen LogP contribution in [0.15, 0.2) is 42.6 Å². The Morgan fingerprint density at radius 2 is 2.11 bits per heavy atom. The molecule has 2 rings (SSSR count). The maximum absolute atomic E-state index is 8.96. The maximum atomic E-state index is 8.96. The second kappa shape index (κ2) is 6.53. The second-order valence-corrected chi connectivity index (χ2v) is 4.12. The van der Waals surface area contributed by atoms with E-state index in [9.17, 15) is 0 Å². The van der Waals surface area contributed by atoms with Gasteiger partial charge in [-0.25, -0.2) is 4.98 Å². The molecule has 1 N–H and O–H groups in total. The third kappa shape index (κ3) is 3.54. The van der Waals surface area contributed by atoms with Crippen LogP contribution >= 0.6 is 0 Å². The van der Waals surface area contributed by atoms with E-state index in [2.05, 4.69) is 22.4 Å². The predicted octanol–water partition coefficient (Wildman–Crippen LogP) is 2.71. The molecular formula is C15H15N3O. The molecule has 0 atom stereocenters. The molecule has 0 radical (unpaired) electrons. The standard InChI is InChI=1S/C15H15N3O/c1-19-11-13-5-2-4-12(8-13)10-18-14-6-3-7-17-15(14)9-16/h2-8,18H,10-11H2,1H3. The second-order valence-electron chi connectivity index (χ2n) is 4.12. The molecule has 0 amide bonds. The Kier molecular flexibility index (Phi) is 4.49. The van der Waals surface area contributed by atoms with Crippen LogP contribution in [0.25, 0.3) is 0 Å². The highest BCUT2D eigenvalue weighted by Gasteiger charge is 2.02. The molecule has 0 spiro atoms. The van der Waals surface area contributed by atoms with E-state index in [1.54, 1.807) is 13.3 Å². The summed E-state index contributed by atoms with van der Waals surface area (Å²) < 4.78 is 5.11. The number of hydrogen-bond acceptors (Lipinski definition) is 4. The van der Waals surface area contributed by atoms with Gasteiger partial charge in [-0.1, -0.05) is 24.3 Å². The van der Waals surface area contributed by atoms with Gasteiger partial charge in [-0.2, -0.15) is 5.26 Å². The molecule has 0 aliphatic rings. The predicted molar refractivity (Wildman–Crippen MR) is 73.4 cm³/mol. The van der Waals surface area contributed by atoms with Crippen LogP contribution in [0.5, 0.6) is 0 Å². The first-order valence-corrected chi connectivity index (χ1v) is 5.99. The third-order valence-electron chi connectivity index (χ3n) is 2.70. The summed E-state index contributed by atoms with van der Waals surface area (Å²) >= 11 is 0. The van der Waals surface area contributed by atoms with Crippen LogP contribution in [0.4, 0.5) is 5.69 Å². The van der Waals surface area contributed by atoms with E-state index in [4.69, 9.17) is 10.00 Å². The van der Waals surface area contributed by atoms with Crippen molar-refractivity contribution in [2.75, 3.05) is 12.4 Å². The van der Waals surface area contributed by atoms with Crippen molar-refractivity contribution in [1.29, 1.82) is 5.26 Å². The number of ether oxygens (including phenoxy) is 1. The number of rotatable bonds is 5. The topological polar surface area (TPSA) is 57.9 Å². The van der Waals surface area contributed by atoms with E-state index in [0.717, 1.165) is 16.8 Å². The summed E-state index contributed by atoms with van der Waals surface area (Å²) in [6.45, 7) is 1.25. The van der Waals surface area contributed by atoms with Gasteiger partial charge in [-0.05, 0) is 23.3 Å². The van der Waals surface area contributed by atoms with Gasteiger partial charge in [-0.15, -0.1) is 0 Å². The first-order valence-electron chi connectivity index (χ1n) is 5.99. The molecule has 0 saturated carbocycles. The molecule has 0 aliphatic heterocycles. The number of nitriles is 1. The quantitative estimate of drug-likeness (QED) is 0.890. The Hall–Kier alpha value is -2.38. The van der Waals surface area contributed by atoms with Gasteiger partial charge in [-0.3, -0.25) is 0 Å². The number of pyridine rings is 1. The Morgan fingerprint density at radius 3 is 2.89 bits per heavy atom. The summed E-state index contributed by atoms with van der Waals surface area (Å²) in [6.07, 6.45) is 1.61. The molecule has 0 saturated heterocycles. The summed E-state index contributed by atoms with van der Waals surface area (Å²) in [4.78, 5) is 4.01. The lowest BCUT2D eigenvalue weighted by Crippen LogP contribution is -2.02. The van der Waals surface area contributed by atoms with Crippen LogP contribution in [-0.2, 0) is 17.9 Å². The number of benzene rings is 1. The van der Waals surface area contributed by atoms with Gasteiger partial charge < -0.3 is 10.1 Å². The molecule has 96 valence electrons. The van der Waals surface area contributed by atoms with Crippen LogP contribution in [0.1, 0.15) is 16.8 Å². The summed E-state index contributed by atoms with van der Waals surface area (Å²) in [5.74, 6) is 0. The van der Waals surface area contributed by atoms with E-state index < -0.39 is 0 Å². The molecule has 0 aliphatic carbocycles. The average Bonchev–Trinajstić information content (AvgIpc) is 2.46. The number of methoxy groups -OCH3 is 1. The molecule has 0 fully saturated rings. The summed E-state index contributed by atoms with van der Waals surface area (Å²) in [7, 11) is 1.68. The fraction of sp³-hybridized carbons (Fsp3) is 0.200. The van der Waals surface area contributed by atoms with E-state index in [1.165, 1.54) is 0 Å². The number of nitrogens with zero attached hydrogens (tertiary/aromatic N) is 2. The first-order chi connectivity index (χ1) is 9.33. The zero-order valence-electron chi connectivity index (χ0n) is 10.8. The van der Waals surface area contributed by atoms with Crippen molar-refractivity contribution in [2.45, 2.75) is 13.2 Å². The van der Waals surface area contributed by atoms with Crippen molar-refractivity contribution in [2.24, 2.45) is 0 Å². The van der Waals surface area contributed by atoms with Crippen molar-refractivity contribution in [3.63, 3.8) is 0 Å². The maximum Gasteiger partial charge on any atom is 0.163 e.